The summed E-state index contributed by atoms with van der Waals surface area (Å²) in [5.74, 6) is 0.789. The van der Waals surface area contributed by atoms with Gasteiger partial charge in [-0.05, 0) is 48.2 Å². The monoisotopic (exact) mass is 288 g/mol. The van der Waals surface area contributed by atoms with Gasteiger partial charge in [-0.15, -0.1) is 0 Å². The van der Waals surface area contributed by atoms with Crippen molar-refractivity contribution in [2.45, 2.75) is 26.8 Å². The van der Waals surface area contributed by atoms with Gasteiger partial charge in [0, 0.05) is 23.3 Å². The molecule has 0 aliphatic carbocycles. The van der Waals surface area contributed by atoms with E-state index in [0.29, 0.717) is 12.1 Å². The highest BCUT2D eigenvalue weighted by Gasteiger charge is 2.05. The zero-order chi connectivity index (χ0) is 14.5. The van der Waals surface area contributed by atoms with E-state index < -0.39 is 0 Å². The lowest BCUT2D eigenvalue weighted by molar-refractivity contribution is 0.112. The van der Waals surface area contributed by atoms with Crippen molar-refractivity contribution in [1.82, 2.24) is 4.98 Å². The maximum absolute atomic E-state index is 10.7. The molecule has 0 bridgehead atoms. The Bertz CT molecular complexity index is 626. The van der Waals surface area contributed by atoms with Gasteiger partial charge in [-0.25, -0.2) is 4.98 Å². The molecule has 3 nitrogen and oxygen atoms in total. The Hall–Kier alpha value is -1.87. The Labute approximate surface area is 124 Å². The van der Waals surface area contributed by atoms with Gasteiger partial charge in [0.15, 0.2) is 6.29 Å². The Balaban J connectivity index is 2.16. The van der Waals surface area contributed by atoms with Gasteiger partial charge in [-0.1, -0.05) is 24.6 Å². The molecule has 0 saturated carbocycles. The summed E-state index contributed by atoms with van der Waals surface area (Å²) in [5.41, 5.74) is 3.98. The predicted octanol–water partition coefficient (Wildman–Crippen LogP) is 4.03. The lowest BCUT2D eigenvalue weighted by atomic mass is 10.1. The molecule has 20 heavy (non-hydrogen) atoms. The molecular weight excluding hydrogens is 272 g/mol. The van der Waals surface area contributed by atoms with Crippen molar-refractivity contribution in [2.75, 3.05) is 5.32 Å². The minimum atomic E-state index is 0.588. The van der Waals surface area contributed by atoms with E-state index in [1.54, 1.807) is 6.20 Å². The topological polar surface area (TPSA) is 42.0 Å². The van der Waals surface area contributed by atoms with Crippen LogP contribution < -0.4 is 5.32 Å². The number of pyridine rings is 1. The van der Waals surface area contributed by atoms with Crippen LogP contribution in [0, 0.1) is 6.92 Å². The average Bonchev–Trinajstić information content (AvgIpc) is 2.46. The SMILES string of the molecule is CCc1ccc(Cl)cc1CNc1ncc(C=O)cc1C. The van der Waals surface area contributed by atoms with E-state index in [4.69, 9.17) is 11.6 Å². The highest BCUT2D eigenvalue weighted by atomic mass is 35.5. The number of anilines is 1. The zero-order valence-corrected chi connectivity index (χ0v) is 12.4. The van der Waals surface area contributed by atoms with Crippen LogP contribution >= 0.6 is 11.6 Å². The molecule has 0 unspecified atom stereocenters. The largest absolute Gasteiger partial charge is 0.366 e. The molecule has 2 aromatic rings. The molecular formula is C16H17ClN2O. The van der Waals surface area contributed by atoms with E-state index >= 15 is 0 Å². The van der Waals surface area contributed by atoms with Crippen LogP contribution in [0.15, 0.2) is 30.5 Å². The predicted molar refractivity (Wildman–Crippen MR) is 82.5 cm³/mol. The number of aryl methyl sites for hydroxylation is 2. The summed E-state index contributed by atoms with van der Waals surface area (Å²) in [4.78, 5) is 15.0. The van der Waals surface area contributed by atoms with Crippen molar-refractivity contribution in [3.63, 3.8) is 0 Å². The number of benzene rings is 1. The molecule has 0 saturated heterocycles. The molecule has 0 aliphatic rings. The van der Waals surface area contributed by atoms with Crippen LogP contribution in [-0.4, -0.2) is 11.3 Å². The Morgan fingerprint density at radius 1 is 1.30 bits per heavy atom. The summed E-state index contributed by atoms with van der Waals surface area (Å²) in [7, 11) is 0. The van der Waals surface area contributed by atoms with E-state index in [1.165, 1.54) is 11.1 Å². The first-order chi connectivity index (χ1) is 9.63. The summed E-state index contributed by atoms with van der Waals surface area (Å²) in [5, 5.41) is 4.03. The molecule has 0 fully saturated rings. The molecule has 104 valence electrons. The quantitative estimate of drug-likeness (QED) is 0.845. The molecule has 0 atom stereocenters. The maximum atomic E-state index is 10.7. The van der Waals surface area contributed by atoms with Gasteiger partial charge in [-0.2, -0.15) is 0 Å². The van der Waals surface area contributed by atoms with Crippen LogP contribution in [0.4, 0.5) is 5.82 Å². The van der Waals surface area contributed by atoms with Crippen molar-refractivity contribution in [3.8, 4) is 0 Å². The number of hydrogen-bond acceptors (Lipinski definition) is 3. The molecule has 0 radical (unpaired) electrons. The van der Waals surface area contributed by atoms with Crippen LogP contribution in [0.5, 0.6) is 0 Å². The van der Waals surface area contributed by atoms with E-state index in [-0.39, 0.29) is 0 Å². The van der Waals surface area contributed by atoms with Crippen molar-refractivity contribution in [2.24, 2.45) is 0 Å². The molecule has 1 heterocycles. The fourth-order valence-corrected chi connectivity index (χ4v) is 2.32. The van der Waals surface area contributed by atoms with E-state index in [0.717, 1.165) is 29.1 Å². The number of nitrogens with zero attached hydrogens (tertiary/aromatic N) is 1. The lowest BCUT2D eigenvalue weighted by Crippen LogP contribution is -2.06. The number of nitrogens with one attached hydrogen (secondary N) is 1. The van der Waals surface area contributed by atoms with Gasteiger partial charge in [0.1, 0.15) is 5.82 Å². The van der Waals surface area contributed by atoms with Gasteiger partial charge in [0.25, 0.3) is 0 Å². The third kappa shape index (κ3) is 3.36. The van der Waals surface area contributed by atoms with Gasteiger partial charge in [0.2, 0.25) is 0 Å². The number of rotatable bonds is 5. The third-order valence-corrected chi connectivity index (χ3v) is 3.47. The molecule has 4 heteroatoms. The summed E-state index contributed by atoms with van der Waals surface area (Å²) < 4.78 is 0. The number of aldehydes is 1. The third-order valence-electron chi connectivity index (χ3n) is 3.23. The summed E-state index contributed by atoms with van der Waals surface area (Å²) in [6, 6.07) is 7.75. The Morgan fingerprint density at radius 3 is 2.75 bits per heavy atom. The van der Waals surface area contributed by atoms with Crippen LogP contribution in [0.25, 0.3) is 0 Å². The summed E-state index contributed by atoms with van der Waals surface area (Å²) in [6.07, 6.45) is 3.33. The number of carbonyl (C=O) groups is 1. The van der Waals surface area contributed by atoms with Gasteiger partial charge in [0.05, 0.1) is 0 Å². The van der Waals surface area contributed by atoms with Crippen molar-refractivity contribution in [3.05, 3.63) is 57.7 Å². The first-order valence-electron chi connectivity index (χ1n) is 6.57. The van der Waals surface area contributed by atoms with Crippen LogP contribution in [0.2, 0.25) is 5.02 Å². The van der Waals surface area contributed by atoms with Gasteiger partial charge in [-0.3, -0.25) is 4.79 Å². The fourth-order valence-electron chi connectivity index (χ4n) is 2.13. The molecule has 2 rings (SSSR count). The highest BCUT2D eigenvalue weighted by molar-refractivity contribution is 6.30. The smallest absolute Gasteiger partial charge is 0.151 e. The number of carbonyl (C=O) groups excluding carboxylic acids is 1. The minimum Gasteiger partial charge on any atom is -0.366 e. The number of hydrogen-bond donors (Lipinski definition) is 1. The molecule has 1 aromatic carbocycles. The van der Waals surface area contributed by atoms with Crippen LogP contribution in [0.3, 0.4) is 0 Å². The molecule has 0 spiro atoms. The van der Waals surface area contributed by atoms with Crippen LogP contribution in [-0.2, 0) is 13.0 Å². The van der Waals surface area contributed by atoms with Crippen molar-refractivity contribution in [1.29, 1.82) is 0 Å². The molecule has 1 N–H and O–H groups in total. The van der Waals surface area contributed by atoms with E-state index in [1.807, 2.05) is 25.1 Å². The normalized spacial score (nSPS) is 10.3. The lowest BCUT2D eigenvalue weighted by Gasteiger charge is -2.12. The standard InChI is InChI=1S/C16H17ClN2O/c1-3-13-4-5-15(17)7-14(13)9-19-16-11(2)6-12(10-20)8-18-16/h4-8,10H,3,9H2,1-2H3,(H,18,19). The molecule has 1 aromatic heterocycles. The maximum Gasteiger partial charge on any atom is 0.151 e. The summed E-state index contributed by atoms with van der Waals surface area (Å²) in [6.45, 7) is 4.72. The number of halogens is 1. The second kappa shape index (κ2) is 6.53. The summed E-state index contributed by atoms with van der Waals surface area (Å²) >= 11 is 6.04. The van der Waals surface area contributed by atoms with Gasteiger partial charge >= 0.3 is 0 Å². The van der Waals surface area contributed by atoms with Crippen LogP contribution in [0.1, 0.15) is 34.0 Å². The second-order valence-corrected chi connectivity index (χ2v) is 5.11. The first-order valence-corrected chi connectivity index (χ1v) is 6.94. The fraction of sp³-hybridized carbons (Fsp3) is 0.250. The van der Waals surface area contributed by atoms with E-state index in [2.05, 4.69) is 23.3 Å². The number of aromatic nitrogens is 1. The first kappa shape index (κ1) is 14.5. The van der Waals surface area contributed by atoms with Crippen molar-refractivity contribution < 1.29 is 4.79 Å². The van der Waals surface area contributed by atoms with Crippen molar-refractivity contribution >= 4 is 23.7 Å². The average molecular weight is 289 g/mol. The second-order valence-electron chi connectivity index (χ2n) is 4.67. The molecule has 0 amide bonds. The molecule has 0 aliphatic heterocycles. The van der Waals surface area contributed by atoms with Gasteiger partial charge < -0.3 is 5.32 Å². The Kier molecular flexibility index (Phi) is 4.74. The van der Waals surface area contributed by atoms with E-state index in [9.17, 15) is 4.79 Å². The minimum absolute atomic E-state index is 0.588. The highest BCUT2D eigenvalue weighted by Crippen LogP contribution is 2.19. The zero-order valence-electron chi connectivity index (χ0n) is 11.6. The Morgan fingerprint density at radius 2 is 2.10 bits per heavy atom.